The molecule has 0 saturated carbocycles. The van der Waals surface area contributed by atoms with Gasteiger partial charge in [-0.1, -0.05) is 0 Å². The topological polar surface area (TPSA) is 51.2 Å². The van der Waals surface area contributed by atoms with Crippen LogP contribution in [0.5, 0.6) is 17.2 Å². The number of rotatable bonds is 6. The number of ether oxygens (including phenoxy) is 3. The lowest BCUT2D eigenvalue weighted by Gasteiger charge is -2.34. The lowest BCUT2D eigenvalue weighted by atomic mass is 10.2. The first-order chi connectivity index (χ1) is 13.7. The van der Waals surface area contributed by atoms with Crippen LogP contribution in [0.4, 0.5) is 0 Å². The first-order valence-corrected chi connectivity index (χ1v) is 10.6. The van der Waals surface area contributed by atoms with E-state index in [2.05, 4.69) is 4.90 Å². The summed E-state index contributed by atoms with van der Waals surface area (Å²) in [4.78, 5) is 18.1. The fourth-order valence-corrected chi connectivity index (χ4v) is 3.76. The Hall–Kier alpha value is -2.38. The third kappa shape index (κ3) is 4.36. The number of carbonyl (C=O) groups excluding carboxylic acids is 1. The van der Waals surface area contributed by atoms with E-state index in [1.807, 2.05) is 53.6 Å². The second kappa shape index (κ2) is 8.75. The Balaban J connectivity index is 1.21. The van der Waals surface area contributed by atoms with E-state index in [1.54, 1.807) is 11.8 Å². The number of thioether (sulfide) groups is 1. The lowest BCUT2D eigenvalue weighted by molar-refractivity contribution is 0.0620. The first kappa shape index (κ1) is 19.0. The molecule has 0 aromatic heterocycles. The fraction of sp³-hybridized carbons (Fsp3) is 0.381. The zero-order valence-corrected chi connectivity index (χ0v) is 16.7. The van der Waals surface area contributed by atoms with Crippen molar-refractivity contribution in [1.29, 1.82) is 0 Å². The van der Waals surface area contributed by atoms with Gasteiger partial charge in [0.2, 0.25) is 6.79 Å². The highest BCUT2D eigenvalue weighted by Gasteiger charge is 2.22. The summed E-state index contributed by atoms with van der Waals surface area (Å²) in [5.41, 5.74) is 0.761. The Bertz CT molecular complexity index is 820. The standard InChI is InChI=1S/C21H24N2O4S/c1-28-18-5-2-16(3-6-18)21(24)23-10-8-22(9-11-23)12-13-25-17-4-7-19-20(14-17)27-15-26-19/h2-7,14H,8-13,15H2,1H3. The van der Waals surface area contributed by atoms with Crippen molar-refractivity contribution in [1.82, 2.24) is 9.80 Å². The number of carbonyl (C=O) groups is 1. The molecule has 2 aliphatic rings. The van der Waals surface area contributed by atoms with Crippen molar-refractivity contribution in [2.24, 2.45) is 0 Å². The molecule has 0 unspecified atom stereocenters. The van der Waals surface area contributed by atoms with Gasteiger partial charge in [0.25, 0.3) is 5.91 Å². The summed E-state index contributed by atoms with van der Waals surface area (Å²) < 4.78 is 16.5. The van der Waals surface area contributed by atoms with Gasteiger partial charge in [-0.2, -0.15) is 0 Å². The summed E-state index contributed by atoms with van der Waals surface area (Å²) in [6.45, 7) is 4.91. The van der Waals surface area contributed by atoms with Crippen LogP contribution in [0.25, 0.3) is 0 Å². The largest absolute Gasteiger partial charge is 0.492 e. The number of amides is 1. The van der Waals surface area contributed by atoms with Crippen LogP contribution in [0.15, 0.2) is 47.4 Å². The Morgan fingerprint density at radius 1 is 1.04 bits per heavy atom. The predicted octanol–water partition coefficient (Wildman–Crippen LogP) is 2.97. The molecule has 1 amide bonds. The molecular weight excluding hydrogens is 376 g/mol. The van der Waals surface area contributed by atoms with Crippen LogP contribution < -0.4 is 14.2 Å². The van der Waals surface area contributed by atoms with Gasteiger partial charge in [-0.05, 0) is 42.7 Å². The smallest absolute Gasteiger partial charge is 0.253 e. The maximum absolute atomic E-state index is 12.7. The first-order valence-electron chi connectivity index (χ1n) is 9.41. The normalized spacial score (nSPS) is 16.2. The zero-order chi connectivity index (χ0) is 19.3. The molecular formula is C21H24N2O4S. The van der Waals surface area contributed by atoms with E-state index < -0.39 is 0 Å². The molecule has 2 aliphatic heterocycles. The van der Waals surface area contributed by atoms with Gasteiger partial charge in [0.1, 0.15) is 12.4 Å². The summed E-state index contributed by atoms with van der Waals surface area (Å²) in [6.07, 6.45) is 2.03. The second-order valence-electron chi connectivity index (χ2n) is 6.73. The van der Waals surface area contributed by atoms with Gasteiger partial charge in [0, 0.05) is 49.2 Å². The molecule has 2 aromatic carbocycles. The van der Waals surface area contributed by atoms with E-state index in [1.165, 1.54) is 4.90 Å². The molecule has 0 spiro atoms. The van der Waals surface area contributed by atoms with Gasteiger partial charge in [0.05, 0.1) is 0 Å². The molecule has 1 fully saturated rings. The van der Waals surface area contributed by atoms with E-state index in [4.69, 9.17) is 14.2 Å². The summed E-state index contributed by atoms with van der Waals surface area (Å²) >= 11 is 1.68. The molecule has 0 radical (unpaired) electrons. The van der Waals surface area contributed by atoms with E-state index in [9.17, 15) is 4.79 Å². The van der Waals surface area contributed by atoms with Crippen molar-refractivity contribution < 1.29 is 19.0 Å². The van der Waals surface area contributed by atoms with Gasteiger partial charge in [-0.15, -0.1) is 11.8 Å². The zero-order valence-electron chi connectivity index (χ0n) is 15.9. The van der Waals surface area contributed by atoms with Crippen molar-refractivity contribution in [3.63, 3.8) is 0 Å². The van der Waals surface area contributed by atoms with Crippen LogP contribution in [0.1, 0.15) is 10.4 Å². The van der Waals surface area contributed by atoms with E-state index >= 15 is 0 Å². The average molecular weight is 401 g/mol. The highest BCUT2D eigenvalue weighted by Crippen LogP contribution is 2.35. The van der Waals surface area contributed by atoms with Crippen molar-refractivity contribution in [3.05, 3.63) is 48.0 Å². The molecule has 2 aromatic rings. The monoisotopic (exact) mass is 400 g/mol. The molecule has 7 heteroatoms. The van der Waals surface area contributed by atoms with Crippen LogP contribution in [-0.4, -0.2) is 68.1 Å². The Morgan fingerprint density at radius 3 is 2.54 bits per heavy atom. The molecule has 4 rings (SSSR count). The number of piperazine rings is 1. The molecule has 0 bridgehead atoms. The minimum absolute atomic E-state index is 0.115. The molecule has 0 atom stereocenters. The maximum Gasteiger partial charge on any atom is 0.253 e. The summed E-state index contributed by atoms with van der Waals surface area (Å²) in [5, 5.41) is 0. The average Bonchev–Trinajstić information content (AvgIpc) is 3.22. The molecule has 0 aliphatic carbocycles. The second-order valence-corrected chi connectivity index (χ2v) is 7.61. The van der Waals surface area contributed by atoms with Gasteiger partial charge in [0.15, 0.2) is 11.5 Å². The maximum atomic E-state index is 12.7. The quantitative estimate of drug-likeness (QED) is 0.695. The van der Waals surface area contributed by atoms with Crippen molar-refractivity contribution in [2.75, 3.05) is 52.4 Å². The summed E-state index contributed by atoms with van der Waals surface area (Å²) in [6, 6.07) is 13.5. The third-order valence-electron chi connectivity index (χ3n) is 5.02. The van der Waals surface area contributed by atoms with Gasteiger partial charge >= 0.3 is 0 Å². The van der Waals surface area contributed by atoms with Gasteiger partial charge in [-0.25, -0.2) is 0 Å². The highest BCUT2D eigenvalue weighted by molar-refractivity contribution is 7.98. The van der Waals surface area contributed by atoms with Crippen molar-refractivity contribution in [2.45, 2.75) is 4.90 Å². The molecule has 6 nitrogen and oxygen atoms in total. The fourth-order valence-electron chi connectivity index (χ4n) is 3.35. The number of hydrogen-bond acceptors (Lipinski definition) is 6. The predicted molar refractivity (Wildman–Crippen MR) is 109 cm³/mol. The highest BCUT2D eigenvalue weighted by atomic mass is 32.2. The van der Waals surface area contributed by atoms with Crippen LogP contribution in [0.3, 0.4) is 0 Å². The van der Waals surface area contributed by atoms with Crippen LogP contribution in [0.2, 0.25) is 0 Å². The molecule has 0 N–H and O–H groups in total. The molecule has 28 heavy (non-hydrogen) atoms. The Kier molecular flexibility index (Phi) is 5.92. The van der Waals surface area contributed by atoms with Crippen LogP contribution in [-0.2, 0) is 0 Å². The van der Waals surface area contributed by atoms with E-state index in [0.29, 0.717) is 6.61 Å². The number of nitrogens with zero attached hydrogens (tertiary/aromatic N) is 2. The summed E-state index contributed by atoms with van der Waals surface area (Å²) in [5.74, 6) is 2.39. The molecule has 2 heterocycles. The Labute approximate surface area is 169 Å². The third-order valence-corrected chi connectivity index (χ3v) is 5.76. The number of hydrogen-bond donors (Lipinski definition) is 0. The van der Waals surface area contributed by atoms with Crippen molar-refractivity contribution in [3.8, 4) is 17.2 Å². The van der Waals surface area contributed by atoms with E-state index in [-0.39, 0.29) is 12.7 Å². The van der Waals surface area contributed by atoms with E-state index in [0.717, 1.165) is 55.5 Å². The minimum Gasteiger partial charge on any atom is -0.492 e. The van der Waals surface area contributed by atoms with Crippen LogP contribution >= 0.6 is 11.8 Å². The van der Waals surface area contributed by atoms with Gasteiger partial charge in [-0.3, -0.25) is 9.69 Å². The number of benzene rings is 2. The van der Waals surface area contributed by atoms with Crippen molar-refractivity contribution >= 4 is 17.7 Å². The summed E-state index contributed by atoms with van der Waals surface area (Å²) in [7, 11) is 0. The lowest BCUT2D eigenvalue weighted by Crippen LogP contribution is -2.49. The van der Waals surface area contributed by atoms with Crippen LogP contribution in [0, 0.1) is 0 Å². The SMILES string of the molecule is CSc1ccc(C(=O)N2CCN(CCOc3ccc4c(c3)OCO4)CC2)cc1. The minimum atomic E-state index is 0.115. The Morgan fingerprint density at radius 2 is 1.79 bits per heavy atom. The molecule has 148 valence electrons. The number of fused-ring (bicyclic) bond motifs is 1. The molecule has 1 saturated heterocycles. The van der Waals surface area contributed by atoms with Gasteiger partial charge < -0.3 is 19.1 Å².